The number of fused-ring (bicyclic) bond motifs is 1. The van der Waals surface area contributed by atoms with Crippen LogP contribution in [0.4, 0.5) is 5.69 Å². The van der Waals surface area contributed by atoms with E-state index in [1.54, 1.807) is 25.3 Å². The maximum Gasteiger partial charge on any atom is 0.341 e. The molecule has 4 rings (SSSR count). The number of rotatable bonds is 7. The number of anilines is 1. The predicted octanol–water partition coefficient (Wildman–Crippen LogP) is 6.93. The third-order valence-electron chi connectivity index (χ3n) is 5.11. The lowest BCUT2D eigenvalue weighted by Gasteiger charge is -2.28. The second-order valence-electron chi connectivity index (χ2n) is 7.35. The zero-order chi connectivity index (χ0) is 22.5. The Kier molecular flexibility index (Phi) is 6.93. The molecule has 0 aliphatic rings. The maximum atomic E-state index is 12.9. The molecule has 0 radical (unpaired) electrons. The van der Waals surface area contributed by atoms with Gasteiger partial charge in [0.05, 0.1) is 22.8 Å². The van der Waals surface area contributed by atoms with Crippen molar-refractivity contribution in [2.45, 2.75) is 20.0 Å². The molecule has 32 heavy (non-hydrogen) atoms. The van der Waals surface area contributed by atoms with Crippen LogP contribution in [0.25, 0.3) is 10.9 Å². The Bertz CT molecular complexity index is 1190. The number of carbonyl (C=O) groups is 1. The van der Waals surface area contributed by atoms with Gasteiger partial charge in [0.15, 0.2) is 0 Å². The number of pyridine rings is 1. The Morgan fingerprint density at radius 3 is 2.09 bits per heavy atom. The first kappa shape index (κ1) is 22.1. The van der Waals surface area contributed by atoms with Crippen molar-refractivity contribution < 1.29 is 9.53 Å². The van der Waals surface area contributed by atoms with Gasteiger partial charge in [0.25, 0.3) is 0 Å². The smallest absolute Gasteiger partial charge is 0.341 e. The van der Waals surface area contributed by atoms with Crippen molar-refractivity contribution in [1.29, 1.82) is 0 Å². The first-order valence-electron chi connectivity index (χ1n) is 10.3. The summed E-state index contributed by atoms with van der Waals surface area (Å²) in [4.78, 5) is 19.5. The van der Waals surface area contributed by atoms with E-state index in [0.29, 0.717) is 45.3 Å². The number of aromatic nitrogens is 1. The van der Waals surface area contributed by atoms with E-state index < -0.39 is 5.97 Å². The number of carbonyl (C=O) groups excluding carboxylic acids is 1. The fourth-order valence-electron chi connectivity index (χ4n) is 3.73. The lowest BCUT2D eigenvalue weighted by molar-refractivity contribution is 0.0526. The number of ether oxygens (including phenoxy) is 1. The zero-order valence-corrected chi connectivity index (χ0v) is 19.1. The fourth-order valence-corrected chi connectivity index (χ4v) is 4.28. The first-order chi connectivity index (χ1) is 15.6. The molecule has 0 spiro atoms. The summed E-state index contributed by atoms with van der Waals surface area (Å²) < 4.78 is 5.36. The van der Waals surface area contributed by atoms with Gasteiger partial charge in [-0.2, -0.15) is 0 Å². The van der Waals surface area contributed by atoms with E-state index in [1.165, 1.54) is 0 Å². The normalized spacial score (nSPS) is 10.8. The van der Waals surface area contributed by atoms with Gasteiger partial charge in [0.1, 0.15) is 5.56 Å². The molecule has 0 saturated heterocycles. The second-order valence-corrected chi connectivity index (χ2v) is 8.20. The van der Waals surface area contributed by atoms with Crippen LogP contribution in [0.1, 0.15) is 28.4 Å². The van der Waals surface area contributed by atoms with Gasteiger partial charge in [0.2, 0.25) is 0 Å². The Hall–Kier alpha value is -3.08. The molecule has 0 fully saturated rings. The Morgan fingerprint density at radius 1 is 0.938 bits per heavy atom. The third-order valence-corrected chi connectivity index (χ3v) is 5.61. The largest absolute Gasteiger partial charge is 0.462 e. The van der Waals surface area contributed by atoms with Crippen molar-refractivity contribution in [1.82, 2.24) is 4.98 Å². The number of hydrogen-bond acceptors (Lipinski definition) is 4. The molecule has 0 N–H and O–H groups in total. The number of benzene rings is 3. The van der Waals surface area contributed by atoms with Crippen LogP contribution in [-0.4, -0.2) is 17.6 Å². The van der Waals surface area contributed by atoms with Crippen LogP contribution < -0.4 is 4.90 Å². The molecular weight excluding hydrogens is 443 g/mol. The average Bonchev–Trinajstić information content (AvgIpc) is 2.79. The van der Waals surface area contributed by atoms with E-state index in [4.69, 9.17) is 27.9 Å². The van der Waals surface area contributed by atoms with E-state index >= 15 is 0 Å². The number of hydrogen-bond donors (Lipinski definition) is 0. The summed E-state index contributed by atoms with van der Waals surface area (Å²) in [6, 6.07) is 23.7. The highest BCUT2D eigenvalue weighted by Crippen LogP contribution is 2.37. The van der Waals surface area contributed by atoms with Gasteiger partial charge in [-0.05, 0) is 30.2 Å². The van der Waals surface area contributed by atoms with Crippen molar-refractivity contribution in [2.24, 2.45) is 0 Å². The molecule has 0 unspecified atom stereocenters. The molecule has 0 amide bonds. The standard InChI is InChI=1S/C26H22Cl2N2O2/c1-2-32-26(31)22-15-29-24-21(13-20(27)14-23(24)28)25(22)30(16-18-9-5-3-6-10-18)17-19-11-7-4-8-12-19/h3-15H,2,16-17H2,1H3. The van der Waals surface area contributed by atoms with Crippen LogP contribution in [-0.2, 0) is 17.8 Å². The van der Waals surface area contributed by atoms with Crippen LogP contribution in [0, 0.1) is 0 Å². The number of nitrogens with zero attached hydrogens (tertiary/aromatic N) is 2. The second kappa shape index (κ2) is 10.0. The summed E-state index contributed by atoms with van der Waals surface area (Å²) in [5, 5.41) is 1.62. The quantitative estimate of drug-likeness (QED) is 0.278. The molecule has 0 saturated carbocycles. The minimum Gasteiger partial charge on any atom is -0.462 e. The van der Waals surface area contributed by atoms with Crippen molar-refractivity contribution >= 4 is 45.8 Å². The summed E-state index contributed by atoms with van der Waals surface area (Å²) in [6.45, 7) is 3.20. The lowest BCUT2D eigenvalue weighted by Crippen LogP contribution is -2.25. The predicted molar refractivity (Wildman–Crippen MR) is 130 cm³/mol. The fraction of sp³-hybridized carbons (Fsp3) is 0.154. The summed E-state index contributed by atoms with van der Waals surface area (Å²) in [5.74, 6) is -0.431. The monoisotopic (exact) mass is 464 g/mol. The van der Waals surface area contributed by atoms with Gasteiger partial charge in [-0.1, -0.05) is 83.9 Å². The molecule has 1 heterocycles. The molecule has 162 valence electrons. The Balaban J connectivity index is 1.94. The van der Waals surface area contributed by atoms with Crippen molar-refractivity contribution in [3.8, 4) is 0 Å². The molecule has 0 bridgehead atoms. The van der Waals surface area contributed by atoms with E-state index in [1.807, 2.05) is 36.4 Å². The van der Waals surface area contributed by atoms with Crippen LogP contribution >= 0.6 is 23.2 Å². The van der Waals surface area contributed by atoms with E-state index in [9.17, 15) is 4.79 Å². The minimum atomic E-state index is -0.431. The zero-order valence-electron chi connectivity index (χ0n) is 17.6. The van der Waals surface area contributed by atoms with Crippen LogP contribution in [0.2, 0.25) is 10.0 Å². The van der Waals surface area contributed by atoms with Crippen molar-refractivity contribution in [3.05, 3.63) is 106 Å². The summed E-state index contributed by atoms with van der Waals surface area (Å²) in [5.41, 5.74) is 3.88. The molecule has 6 heteroatoms. The van der Waals surface area contributed by atoms with Gasteiger partial charge in [-0.3, -0.25) is 4.98 Å². The number of halogens is 2. The summed E-state index contributed by atoms with van der Waals surface area (Å²) in [7, 11) is 0. The Morgan fingerprint density at radius 2 is 1.53 bits per heavy atom. The van der Waals surface area contributed by atoms with Crippen LogP contribution in [0.5, 0.6) is 0 Å². The van der Waals surface area contributed by atoms with Crippen LogP contribution in [0.3, 0.4) is 0 Å². The van der Waals surface area contributed by atoms with Crippen molar-refractivity contribution in [2.75, 3.05) is 11.5 Å². The van der Waals surface area contributed by atoms with Crippen molar-refractivity contribution in [3.63, 3.8) is 0 Å². The Labute approximate surface area is 197 Å². The highest BCUT2D eigenvalue weighted by molar-refractivity contribution is 6.38. The molecule has 4 nitrogen and oxygen atoms in total. The third kappa shape index (κ3) is 4.87. The maximum absolute atomic E-state index is 12.9. The molecule has 1 aromatic heterocycles. The SMILES string of the molecule is CCOC(=O)c1cnc2c(Cl)cc(Cl)cc2c1N(Cc1ccccc1)Cc1ccccc1. The molecule has 4 aromatic rings. The van der Waals surface area contributed by atoms with E-state index in [2.05, 4.69) is 34.1 Å². The minimum absolute atomic E-state index is 0.268. The molecular formula is C26H22Cl2N2O2. The average molecular weight is 465 g/mol. The van der Waals surface area contributed by atoms with Gasteiger partial charge in [0, 0.05) is 29.7 Å². The van der Waals surface area contributed by atoms with Gasteiger partial charge >= 0.3 is 5.97 Å². The molecule has 0 aliphatic heterocycles. The highest BCUT2D eigenvalue weighted by atomic mass is 35.5. The number of esters is 1. The topological polar surface area (TPSA) is 42.4 Å². The highest BCUT2D eigenvalue weighted by Gasteiger charge is 2.23. The van der Waals surface area contributed by atoms with E-state index in [0.717, 1.165) is 11.1 Å². The van der Waals surface area contributed by atoms with Gasteiger partial charge in [-0.25, -0.2) is 4.79 Å². The van der Waals surface area contributed by atoms with Gasteiger partial charge in [-0.15, -0.1) is 0 Å². The lowest BCUT2D eigenvalue weighted by atomic mass is 10.1. The molecule has 3 aromatic carbocycles. The van der Waals surface area contributed by atoms with Crippen LogP contribution in [0.15, 0.2) is 79.0 Å². The summed E-state index contributed by atoms with van der Waals surface area (Å²) in [6.07, 6.45) is 1.54. The summed E-state index contributed by atoms with van der Waals surface area (Å²) >= 11 is 12.8. The van der Waals surface area contributed by atoms with Gasteiger partial charge < -0.3 is 9.64 Å². The van der Waals surface area contributed by atoms with E-state index in [-0.39, 0.29) is 6.61 Å². The molecule has 0 aliphatic carbocycles. The first-order valence-corrected chi connectivity index (χ1v) is 11.1. The molecule has 0 atom stereocenters.